The van der Waals surface area contributed by atoms with Crippen molar-refractivity contribution in [3.63, 3.8) is 0 Å². The molecule has 0 heterocycles. The first-order valence-electron chi connectivity index (χ1n) is 6.12. The van der Waals surface area contributed by atoms with Crippen molar-refractivity contribution < 1.29 is 22.0 Å². The maximum absolute atomic E-state index is 13.6. The minimum atomic E-state index is -4.77. The summed E-state index contributed by atoms with van der Waals surface area (Å²) in [6.07, 6.45) is -4.77. The number of benzene rings is 2. The monoisotopic (exact) mass is 301 g/mol. The summed E-state index contributed by atoms with van der Waals surface area (Å²) in [7, 11) is 0. The molecule has 0 spiro atoms. The largest absolute Gasteiger partial charge is 0.419 e. The van der Waals surface area contributed by atoms with E-state index in [-0.39, 0.29) is 11.1 Å². The van der Waals surface area contributed by atoms with E-state index in [1.807, 2.05) is 0 Å². The van der Waals surface area contributed by atoms with Gasteiger partial charge in [-0.25, -0.2) is 8.78 Å². The zero-order valence-electron chi connectivity index (χ0n) is 11.0. The zero-order valence-corrected chi connectivity index (χ0v) is 11.0. The lowest BCUT2D eigenvalue weighted by Crippen LogP contribution is -2.09. The highest BCUT2D eigenvalue weighted by Crippen LogP contribution is 2.35. The van der Waals surface area contributed by atoms with E-state index in [0.717, 1.165) is 18.2 Å². The minimum absolute atomic E-state index is 0.146. The van der Waals surface area contributed by atoms with Crippen molar-refractivity contribution in [1.29, 1.82) is 0 Å². The number of hydrogen-bond donors (Lipinski definition) is 1. The molecule has 21 heavy (non-hydrogen) atoms. The molecule has 0 aromatic heterocycles. The van der Waals surface area contributed by atoms with Crippen molar-refractivity contribution in [3.05, 3.63) is 59.2 Å². The van der Waals surface area contributed by atoms with Crippen LogP contribution in [0.15, 0.2) is 36.4 Å². The third kappa shape index (κ3) is 3.21. The van der Waals surface area contributed by atoms with Gasteiger partial charge in [-0.2, -0.15) is 13.2 Å². The molecule has 0 amide bonds. The van der Waals surface area contributed by atoms with E-state index >= 15 is 0 Å². The first-order valence-corrected chi connectivity index (χ1v) is 6.12. The zero-order chi connectivity index (χ0) is 15.8. The summed E-state index contributed by atoms with van der Waals surface area (Å²) >= 11 is 0. The van der Waals surface area contributed by atoms with Gasteiger partial charge in [-0.05, 0) is 47.9 Å². The third-order valence-corrected chi connectivity index (χ3v) is 3.09. The number of rotatable bonds is 2. The van der Waals surface area contributed by atoms with Gasteiger partial charge in [0, 0.05) is 6.04 Å². The molecule has 2 N–H and O–H groups in total. The highest BCUT2D eigenvalue weighted by molar-refractivity contribution is 5.68. The number of alkyl halides is 3. The second-order valence-corrected chi connectivity index (χ2v) is 4.71. The second-order valence-electron chi connectivity index (χ2n) is 4.71. The molecule has 2 rings (SSSR count). The Kier molecular flexibility index (Phi) is 4.00. The Labute approximate surface area is 118 Å². The molecule has 2 aromatic carbocycles. The molecular weight excluding hydrogens is 289 g/mol. The highest BCUT2D eigenvalue weighted by Gasteiger charge is 2.34. The summed E-state index contributed by atoms with van der Waals surface area (Å²) in [5.74, 6) is -1.98. The van der Waals surface area contributed by atoms with E-state index in [1.54, 1.807) is 6.92 Å². The van der Waals surface area contributed by atoms with Gasteiger partial charge >= 0.3 is 6.18 Å². The van der Waals surface area contributed by atoms with Gasteiger partial charge in [-0.3, -0.25) is 0 Å². The summed E-state index contributed by atoms with van der Waals surface area (Å²) in [6, 6.07) is 5.77. The van der Waals surface area contributed by atoms with E-state index in [4.69, 9.17) is 5.73 Å². The number of nitrogens with two attached hydrogens (primary N) is 1. The van der Waals surface area contributed by atoms with Gasteiger partial charge in [-0.1, -0.05) is 12.1 Å². The van der Waals surface area contributed by atoms with Gasteiger partial charge in [0.05, 0.1) is 5.56 Å². The van der Waals surface area contributed by atoms with Gasteiger partial charge in [-0.15, -0.1) is 0 Å². The number of halogens is 5. The van der Waals surface area contributed by atoms with Gasteiger partial charge in [0.2, 0.25) is 0 Å². The molecule has 6 heteroatoms. The maximum Gasteiger partial charge on any atom is 0.419 e. The Morgan fingerprint density at radius 1 is 1.00 bits per heavy atom. The van der Waals surface area contributed by atoms with Crippen molar-refractivity contribution in [1.82, 2.24) is 0 Å². The average Bonchev–Trinajstić information content (AvgIpc) is 2.36. The standard InChI is InChI=1S/C15H12F5N/c1-8(21)11-4-3-10(16)7-12(11)9-2-5-13(14(17)6-9)15(18,19)20/h2-8H,21H2,1H3. The summed E-state index contributed by atoms with van der Waals surface area (Å²) in [5.41, 5.74) is 5.33. The smallest absolute Gasteiger partial charge is 0.324 e. The second kappa shape index (κ2) is 5.44. The molecule has 1 unspecified atom stereocenters. The van der Waals surface area contributed by atoms with Crippen LogP contribution in [0.5, 0.6) is 0 Å². The van der Waals surface area contributed by atoms with Crippen LogP contribution in [-0.2, 0) is 6.18 Å². The van der Waals surface area contributed by atoms with Crippen LogP contribution in [0.1, 0.15) is 24.1 Å². The molecule has 0 bridgehead atoms. The van der Waals surface area contributed by atoms with Crippen LogP contribution in [0.25, 0.3) is 11.1 Å². The van der Waals surface area contributed by atoms with Crippen LogP contribution in [0.2, 0.25) is 0 Å². The Bertz CT molecular complexity index is 662. The fraction of sp³-hybridized carbons (Fsp3) is 0.200. The molecule has 0 saturated carbocycles. The van der Waals surface area contributed by atoms with Crippen molar-refractivity contribution >= 4 is 0 Å². The Hall–Kier alpha value is -1.95. The molecule has 2 aromatic rings. The van der Waals surface area contributed by atoms with Crippen molar-refractivity contribution in [2.75, 3.05) is 0 Å². The minimum Gasteiger partial charge on any atom is -0.324 e. The maximum atomic E-state index is 13.6. The molecule has 112 valence electrons. The average molecular weight is 301 g/mol. The van der Waals surface area contributed by atoms with Crippen LogP contribution in [0.4, 0.5) is 22.0 Å². The van der Waals surface area contributed by atoms with Crippen LogP contribution in [0, 0.1) is 11.6 Å². The molecule has 0 saturated heterocycles. The van der Waals surface area contributed by atoms with Crippen LogP contribution < -0.4 is 5.73 Å². The van der Waals surface area contributed by atoms with E-state index in [2.05, 4.69) is 0 Å². The molecular formula is C15H12F5N. The molecule has 0 aliphatic rings. The molecule has 0 fully saturated rings. The highest BCUT2D eigenvalue weighted by atomic mass is 19.4. The first kappa shape index (κ1) is 15.4. The normalized spacial score (nSPS) is 13.3. The first-order chi connectivity index (χ1) is 9.70. The van der Waals surface area contributed by atoms with Crippen molar-refractivity contribution in [2.45, 2.75) is 19.1 Å². The van der Waals surface area contributed by atoms with E-state index < -0.39 is 29.4 Å². The summed E-state index contributed by atoms with van der Waals surface area (Å²) in [4.78, 5) is 0. The Morgan fingerprint density at radius 2 is 1.67 bits per heavy atom. The van der Waals surface area contributed by atoms with Crippen molar-refractivity contribution in [3.8, 4) is 11.1 Å². The van der Waals surface area contributed by atoms with Crippen LogP contribution >= 0.6 is 0 Å². The predicted molar refractivity (Wildman–Crippen MR) is 69.4 cm³/mol. The van der Waals surface area contributed by atoms with Gasteiger partial charge < -0.3 is 5.73 Å². The van der Waals surface area contributed by atoms with Crippen molar-refractivity contribution in [2.24, 2.45) is 5.73 Å². The molecule has 0 aliphatic heterocycles. The summed E-state index contributed by atoms with van der Waals surface area (Å²) in [6.45, 7) is 1.65. The SMILES string of the molecule is CC(N)c1ccc(F)cc1-c1ccc(C(F)(F)F)c(F)c1. The van der Waals surface area contributed by atoms with Crippen LogP contribution in [-0.4, -0.2) is 0 Å². The lowest BCUT2D eigenvalue weighted by atomic mass is 9.95. The fourth-order valence-corrected chi connectivity index (χ4v) is 2.09. The Balaban J connectivity index is 2.58. The molecule has 1 atom stereocenters. The summed E-state index contributed by atoms with van der Waals surface area (Å²) in [5, 5.41) is 0. The van der Waals surface area contributed by atoms with Crippen LogP contribution in [0.3, 0.4) is 0 Å². The predicted octanol–water partition coefficient (Wildman–Crippen LogP) is 4.67. The molecule has 1 nitrogen and oxygen atoms in total. The quantitative estimate of drug-likeness (QED) is 0.801. The lowest BCUT2D eigenvalue weighted by molar-refractivity contribution is -0.139. The van der Waals surface area contributed by atoms with Gasteiger partial charge in [0.1, 0.15) is 11.6 Å². The Morgan fingerprint density at radius 3 is 2.19 bits per heavy atom. The number of hydrogen-bond acceptors (Lipinski definition) is 1. The molecule has 0 aliphatic carbocycles. The van der Waals surface area contributed by atoms with Gasteiger partial charge in [0.25, 0.3) is 0 Å². The van der Waals surface area contributed by atoms with Gasteiger partial charge in [0.15, 0.2) is 0 Å². The molecule has 0 radical (unpaired) electrons. The lowest BCUT2D eigenvalue weighted by Gasteiger charge is -2.15. The van der Waals surface area contributed by atoms with E-state index in [0.29, 0.717) is 11.6 Å². The third-order valence-electron chi connectivity index (χ3n) is 3.09. The van der Waals surface area contributed by atoms with E-state index in [1.165, 1.54) is 12.1 Å². The fourth-order valence-electron chi connectivity index (χ4n) is 2.09. The topological polar surface area (TPSA) is 26.0 Å². The van der Waals surface area contributed by atoms with E-state index in [9.17, 15) is 22.0 Å². The summed E-state index contributed by atoms with van der Waals surface area (Å²) < 4.78 is 64.6.